The molecule has 0 aliphatic carbocycles. The number of sulfonamides is 1. The molecule has 1 N–H and O–H groups in total. The van der Waals surface area contributed by atoms with Crippen LogP contribution in [0.4, 0.5) is 23.2 Å². The Labute approximate surface area is 172 Å². The third-order valence-corrected chi connectivity index (χ3v) is 5.47. The van der Waals surface area contributed by atoms with Gasteiger partial charge in [0.2, 0.25) is 15.9 Å². The average Bonchev–Trinajstić information content (AvgIpc) is 2.65. The highest BCUT2D eigenvalue weighted by molar-refractivity contribution is 7.92. The topological polar surface area (TPSA) is 66.5 Å². The van der Waals surface area contributed by atoms with E-state index in [2.05, 4.69) is 5.32 Å². The van der Waals surface area contributed by atoms with Gasteiger partial charge in [0.25, 0.3) is 0 Å². The van der Waals surface area contributed by atoms with Gasteiger partial charge in [0.1, 0.15) is 5.82 Å². The first kappa shape index (κ1) is 23.7. The lowest BCUT2D eigenvalue weighted by atomic mass is 10.1. The van der Waals surface area contributed by atoms with Gasteiger partial charge in [-0.2, -0.15) is 13.2 Å². The van der Waals surface area contributed by atoms with E-state index in [0.717, 1.165) is 34.3 Å². The van der Waals surface area contributed by atoms with E-state index < -0.39 is 21.8 Å². The summed E-state index contributed by atoms with van der Waals surface area (Å²) >= 11 is 0. The van der Waals surface area contributed by atoms with Gasteiger partial charge in [-0.1, -0.05) is 18.2 Å². The second-order valence-corrected chi connectivity index (χ2v) is 8.62. The first-order valence-corrected chi connectivity index (χ1v) is 11.0. The predicted molar refractivity (Wildman–Crippen MR) is 106 cm³/mol. The highest BCUT2D eigenvalue weighted by atomic mass is 32.2. The van der Waals surface area contributed by atoms with E-state index in [1.807, 2.05) is 0 Å². The van der Waals surface area contributed by atoms with E-state index in [1.165, 1.54) is 18.2 Å². The third-order valence-electron chi connectivity index (χ3n) is 4.28. The molecule has 0 aliphatic heterocycles. The highest BCUT2D eigenvalue weighted by Crippen LogP contribution is 2.32. The number of nitrogens with one attached hydrogen (secondary N) is 1. The molecule has 0 radical (unpaired) electrons. The van der Waals surface area contributed by atoms with E-state index in [1.54, 1.807) is 12.1 Å². The molecule has 5 nitrogen and oxygen atoms in total. The number of alkyl halides is 3. The lowest BCUT2D eigenvalue weighted by Crippen LogP contribution is -2.32. The summed E-state index contributed by atoms with van der Waals surface area (Å²) in [7, 11) is -3.83. The summed E-state index contributed by atoms with van der Waals surface area (Å²) in [5, 5.41) is 2.68. The average molecular weight is 446 g/mol. The van der Waals surface area contributed by atoms with Crippen LogP contribution in [0.3, 0.4) is 0 Å². The zero-order valence-corrected chi connectivity index (χ0v) is 17.1. The standard InChI is InChI=1S/C20H22F4N2O3S/c1-30(28,29)26(18-5-2-4-16(14-18)20(22,23)24)13-3-6-19(27)25-12-11-15-7-9-17(21)10-8-15/h2,4-5,7-10,14H,3,6,11-13H2,1H3,(H,25,27). The molecule has 10 heteroatoms. The molecule has 0 unspecified atom stereocenters. The van der Waals surface area contributed by atoms with Crippen molar-refractivity contribution in [1.29, 1.82) is 0 Å². The fourth-order valence-electron chi connectivity index (χ4n) is 2.79. The van der Waals surface area contributed by atoms with Gasteiger partial charge in [-0.3, -0.25) is 9.10 Å². The second-order valence-electron chi connectivity index (χ2n) is 6.71. The molecular formula is C20H22F4N2O3S. The summed E-state index contributed by atoms with van der Waals surface area (Å²) in [5.41, 5.74) is -0.208. The van der Waals surface area contributed by atoms with Crippen LogP contribution in [0.5, 0.6) is 0 Å². The van der Waals surface area contributed by atoms with E-state index >= 15 is 0 Å². The minimum Gasteiger partial charge on any atom is -0.356 e. The molecule has 0 saturated heterocycles. The summed E-state index contributed by atoms with van der Waals surface area (Å²) < 4.78 is 76.5. The number of halogens is 4. The summed E-state index contributed by atoms with van der Waals surface area (Å²) in [6.45, 7) is 0.194. The molecule has 1 amide bonds. The minimum absolute atomic E-state index is 0.00833. The highest BCUT2D eigenvalue weighted by Gasteiger charge is 2.31. The Hall–Kier alpha value is -2.62. The monoisotopic (exact) mass is 446 g/mol. The molecule has 2 aromatic rings. The van der Waals surface area contributed by atoms with Crippen molar-refractivity contribution < 1.29 is 30.8 Å². The SMILES string of the molecule is CS(=O)(=O)N(CCCC(=O)NCCc1ccc(F)cc1)c1cccc(C(F)(F)F)c1. The fraction of sp³-hybridized carbons (Fsp3) is 0.350. The number of benzene rings is 2. The molecule has 0 atom stereocenters. The van der Waals surface area contributed by atoms with Crippen LogP contribution in [0.15, 0.2) is 48.5 Å². The smallest absolute Gasteiger partial charge is 0.356 e. The molecule has 164 valence electrons. The maximum Gasteiger partial charge on any atom is 0.416 e. The number of nitrogens with zero attached hydrogens (tertiary/aromatic N) is 1. The first-order valence-electron chi connectivity index (χ1n) is 9.13. The summed E-state index contributed by atoms with van der Waals surface area (Å²) in [6.07, 6.45) is -3.05. The van der Waals surface area contributed by atoms with Crippen LogP contribution in [0, 0.1) is 5.82 Å². The lowest BCUT2D eigenvalue weighted by molar-refractivity contribution is -0.137. The molecule has 0 heterocycles. The maximum absolute atomic E-state index is 12.9. The quantitative estimate of drug-likeness (QED) is 0.597. The summed E-state index contributed by atoms with van der Waals surface area (Å²) in [4.78, 5) is 12.0. The van der Waals surface area contributed by atoms with Crippen LogP contribution in [-0.4, -0.2) is 33.7 Å². The lowest BCUT2D eigenvalue weighted by Gasteiger charge is -2.23. The molecule has 30 heavy (non-hydrogen) atoms. The van der Waals surface area contributed by atoms with Crippen molar-refractivity contribution >= 4 is 21.6 Å². The van der Waals surface area contributed by atoms with Crippen LogP contribution in [0.2, 0.25) is 0 Å². The zero-order valence-electron chi connectivity index (χ0n) is 16.2. The van der Waals surface area contributed by atoms with Crippen molar-refractivity contribution in [1.82, 2.24) is 5.32 Å². The Balaban J connectivity index is 1.89. The van der Waals surface area contributed by atoms with Crippen molar-refractivity contribution in [3.05, 3.63) is 65.5 Å². The molecule has 2 aromatic carbocycles. The van der Waals surface area contributed by atoms with Crippen LogP contribution in [-0.2, 0) is 27.4 Å². The van der Waals surface area contributed by atoms with Gasteiger partial charge in [0.05, 0.1) is 17.5 Å². The van der Waals surface area contributed by atoms with E-state index in [0.29, 0.717) is 13.0 Å². The van der Waals surface area contributed by atoms with E-state index in [9.17, 15) is 30.8 Å². The minimum atomic E-state index is -4.59. The Bertz CT molecular complexity index is 961. The second kappa shape index (κ2) is 9.92. The van der Waals surface area contributed by atoms with Crippen molar-refractivity contribution in [2.75, 3.05) is 23.7 Å². The van der Waals surface area contributed by atoms with Crippen molar-refractivity contribution in [2.45, 2.75) is 25.4 Å². The largest absolute Gasteiger partial charge is 0.416 e. The van der Waals surface area contributed by atoms with Crippen molar-refractivity contribution in [3.8, 4) is 0 Å². The number of carbonyl (C=O) groups excluding carboxylic acids is 1. The zero-order chi connectivity index (χ0) is 22.4. The Kier molecular flexibility index (Phi) is 7.83. The van der Waals surface area contributed by atoms with Crippen molar-refractivity contribution in [2.24, 2.45) is 0 Å². The van der Waals surface area contributed by atoms with Gasteiger partial charge in [0, 0.05) is 19.5 Å². The van der Waals surface area contributed by atoms with Crippen molar-refractivity contribution in [3.63, 3.8) is 0 Å². The van der Waals surface area contributed by atoms with Gasteiger partial charge in [-0.25, -0.2) is 12.8 Å². The fourth-order valence-corrected chi connectivity index (χ4v) is 3.75. The third kappa shape index (κ3) is 7.33. The summed E-state index contributed by atoms with van der Waals surface area (Å²) in [5.74, 6) is -0.659. The number of rotatable bonds is 9. The van der Waals surface area contributed by atoms with Gasteiger partial charge >= 0.3 is 6.18 Å². The maximum atomic E-state index is 12.9. The van der Waals surface area contributed by atoms with E-state index in [4.69, 9.17) is 0 Å². The van der Waals surface area contributed by atoms with Gasteiger partial charge < -0.3 is 5.32 Å². The van der Waals surface area contributed by atoms with Crippen LogP contribution in [0.1, 0.15) is 24.0 Å². The Morgan fingerprint density at radius 2 is 1.77 bits per heavy atom. The molecule has 0 spiro atoms. The number of hydrogen-bond acceptors (Lipinski definition) is 3. The van der Waals surface area contributed by atoms with Gasteiger partial charge in [-0.15, -0.1) is 0 Å². The molecule has 0 aliphatic rings. The van der Waals surface area contributed by atoms with Crippen LogP contribution >= 0.6 is 0 Å². The summed E-state index contributed by atoms with van der Waals surface area (Å²) in [6, 6.07) is 9.91. The van der Waals surface area contributed by atoms with Crippen LogP contribution < -0.4 is 9.62 Å². The molecule has 0 saturated carbocycles. The molecule has 0 fully saturated rings. The predicted octanol–water partition coefficient (Wildman–Crippen LogP) is 3.75. The van der Waals surface area contributed by atoms with Gasteiger partial charge in [-0.05, 0) is 48.7 Å². The number of anilines is 1. The van der Waals surface area contributed by atoms with E-state index in [-0.39, 0.29) is 36.8 Å². The normalized spacial score (nSPS) is 11.9. The number of hydrogen-bond donors (Lipinski definition) is 1. The number of amides is 1. The molecule has 2 rings (SSSR count). The Morgan fingerprint density at radius 3 is 2.37 bits per heavy atom. The first-order chi connectivity index (χ1) is 14.0. The number of carbonyl (C=O) groups is 1. The van der Waals surface area contributed by atoms with Gasteiger partial charge in [0.15, 0.2) is 0 Å². The Morgan fingerprint density at radius 1 is 1.10 bits per heavy atom. The molecule has 0 bridgehead atoms. The van der Waals surface area contributed by atoms with Crippen LogP contribution in [0.25, 0.3) is 0 Å². The molecular weight excluding hydrogens is 424 g/mol. The molecule has 0 aromatic heterocycles.